The van der Waals surface area contributed by atoms with E-state index >= 15 is 0 Å². The van der Waals surface area contributed by atoms with Gasteiger partial charge in [0, 0.05) is 39.3 Å². The summed E-state index contributed by atoms with van der Waals surface area (Å²) in [6, 6.07) is 8.48. The van der Waals surface area contributed by atoms with E-state index in [0.29, 0.717) is 13.2 Å². The molecule has 0 radical (unpaired) electrons. The molecule has 5 nitrogen and oxygen atoms in total. The van der Waals surface area contributed by atoms with Gasteiger partial charge < -0.3 is 14.6 Å². The van der Waals surface area contributed by atoms with E-state index in [0.717, 1.165) is 45.9 Å². The minimum Gasteiger partial charge on any atom is -0.389 e. The van der Waals surface area contributed by atoms with Crippen LogP contribution in [0.3, 0.4) is 0 Å². The van der Waals surface area contributed by atoms with Crippen LogP contribution in [-0.4, -0.2) is 79.7 Å². The summed E-state index contributed by atoms with van der Waals surface area (Å²) in [6.07, 6.45) is -0.316. The van der Waals surface area contributed by atoms with Crippen LogP contribution in [0.2, 0.25) is 0 Å². The first-order valence-corrected chi connectivity index (χ1v) is 9.41. The number of ether oxygens (including phenoxy) is 2. The zero-order chi connectivity index (χ0) is 18.1. The van der Waals surface area contributed by atoms with Gasteiger partial charge in [0.05, 0.1) is 32.0 Å². The van der Waals surface area contributed by atoms with Gasteiger partial charge >= 0.3 is 0 Å². The van der Waals surface area contributed by atoms with Crippen molar-refractivity contribution in [1.82, 2.24) is 9.80 Å². The van der Waals surface area contributed by atoms with Crippen LogP contribution in [0, 0.1) is 6.92 Å². The summed E-state index contributed by atoms with van der Waals surface area (Å²) in [5.41, 5.74) is 2.62. The molecule has 1 aliphatic rings. The van der Waals surface area contributed by atoms with Gasteiger partial charge in [-0.1, -0.05) is 24.3 Å². The third kappa shape index (κ3) is 7.84. The molecule has 0 bridgehead atoms. The van der Waals surface area contributed by atoms with Gasteiger partial charge in [-0.3, -0.25) is 9.80 Å². The molecule has 0 unspecified atom stereocenters. The number of morpholine rings is 1. The van der Waals surface area contributed by atoms with Gasteiger partial charge in [-0.25, -0.2) is 0 Å². The molecule has 2 rings (SSSR count). The lowest BCUT2D eigenvalue weighted by atomic mass is 10.1. The Balaban J connectivity index is 1.90. The zero-order valence-electron chi connectivity index (χ0n) is 16.0. The monoisotopic (exact) mass is 350 g/mol. The van der Waals surface area contributed by atoms with Crippen molar-refractivity contribution in [3.8, 4) is 0 Å². The maximum absolute atomic E-state index is 10.4. The third-order valence-electron chi connectivity index (χ3n) is 4.58. The molecule has 142 valence electrons. The Morgan fingerprint density at radius 3 is 2.64 bits per heavy atom. The molecule has 1 heterocycles. The Labute approximate surface area is 152 Å². The lowest BCUT2D eigenvalue weighted by molar-refractivity contribution is -0.0129. The van der Waals surface area contributed by atoms with Crippen LogP contribution in [-0.2, 0) is 16.0 Å². The minimum absolute atomic E-state index is 0.146. The summed E-state index contributed by atoms with van der Waals surface area (Å²) >= 11 is 0. The van der Waals surface area contributed by atoms with Crippen LogP contribution < -0.4 is 0 Å². The summed E-state index contributed by atoms with van der Waals surface area (Å²) in [4.78, 5) is 4.78. The van der Waals surface area contributed by atoms with E-state index in [-0.39, 0.29) is 6.10 Å². The molecular weight excluding hydrogens is 316 g/mol. The molecule has 0 spiro atoms. The fourth-order valence-electron chi connectivity index (χ4n) is 3.03. The highest BCUT2D eigenvalue weighted by atomic mass is 16.5. The van der Waals surface area contributed by atoms with Crippen LogP contribution >= 0.6 is 0 Å². The van der Waals surface area contributed by atoms with Gasteiger partial charge in [0.25, 0.3) is 0 Å². The summed E-state index contributed by atoms with van der Waals surface area (Å²) in [5.74, 6) is 0. The molecule has 1 aromatic rings. The van der Waals surface area contributed by atoms with Crippen molar-refractivity contribution >= 4 is 0 Å². The molecule has 1 N–H and O–H groups in total. The van der Waals surface area contributed by atoms with Gasteiger partial charge in [-0.2, -0.15) is 0 Å². The Morgan fingerprint density at radius 1 is 1.24 bits per heavy atom. The van der Waals surface area contributed by atoms with Crippen LogP contribution in [0.25, 0.3) is 0 Å². The van der Waals surface area contributed by atoms with Crippen molar-refractivity contribution in [2.45, 2.75) is 39.5 Å². The molecule has 0 aliphatic carbocycles. The standard InChI is InChI=1S/C20H34N2O3/c1-17(2)25-16-20(23)15-22(9-8-21-10-12-24-13-11-21)14-19-7-5-4-6-18(19)3/h4-7,17,20,23H,8-16H2,1-3H3/t20-/m0/s1. The number of aliphatic hydroxyl groups is 1. The first-order chi connectivity index (χ1) is 12.0. The van der Waals surface area contributed by atoms with Gasteiger partial charge in [0.1, 0.15) is 0 Å². The molecule has 1 aromatic carbocycles. The molecule has 1 atom stereocenters. The van der Waals surface area contributed by atoms with Gasteiger partial charge in [0.2, 0.25) is 0 Å². The van der Waals surface area contributed by atoms with Crippen molar-refractivity contribution in [2.24, 2.45) is 0 Å². The van der Waals surface area contributed by atoms with E-state index < -0.39 is 6.10 Å². The fourth-order valence-corrected chi connectivity index (χ4v) is 3.03. The van der Waals surface area contributed by atoms with Crippen LogP contribution in [0.15, 0.2) is 24.3 Å². The summed E-state index contributed by atoms with van der Waals surface area (Å²) in [5, 5.41) is 10.4. The minimum atomic E-state index is -0.462. The predicted molar refractivity (Wildman–Crippen MR) is 101 cm³/mol. The first-order valence-electron chi connectivity index (χ1n) is 9.41. The Morgan fingerprint density at radius 2 is 1.96 bits per heavy atom. The molecule has 0 aromatic heterocycles. The van der Waals surface area contributed by atoms with Crippen LogP contribution in [0.5, 0.6) is 0 Å². The lowest BCUT2D eigenvalue weighted by Crippen LogP contribution is -2.43. The number of aryl methyl sites for hydroxylation is 1. The van der Waals surface area contributed by atoms with Gasteiger partial charge in [-0.05, 0) is 31.9 Å². The number of hydrogen-bond acceptors (Lipinski definition) is 5. The van der Waals surface area contributed by atoms with Gasteiger partial charge in [-0.15, -0.1) is 0 Å². The van der Waals surface area contributed by atoms with Crippen molar-refractivity contribution in [2.75, 3.05) is 52.5 Å². The van der Waals surface area contributed by atoms with Crippen LogP contribution in [0.4, 0.5) is 0 Å². The van der Waals surface area contributed by atoms with E-state index in [9.17, 15) is 5.11 Å². The van der Waals surface area contributed by atoms with Crippen molar-refractivity contribution in [3.63, 3.8) is 0 Å². The Hall–Kier alpha value is -0.980. The Kier molecular flexibility index (Phi) is 8.85. The van der Waals surface area contributed by atoms with Crippen molar-refractivity contribution in [1.29, 1.82) is 0 Å². The largest absolute Gasteiger partial charge is 0.389 e. The second kappa shape index (κ2) is 10.9. The van der Waals surface area contributed by atoms with Gasteiger partial charge in [0.15, 0.2) is 0 Å². The SMILES string of the molecule is Cc1ccccc1CN(CCN1CCOCC1)C[C@H](O)COC(C)C. The summed E-state index contributed by atoms with van der Waals surface area (Å²) < 4.78 is 11.0. The highest BCUT2D eigenvalue weighted by molar-refractivity contribution is 5.25. The topological polar surface area (TPSA) is 45.2 Å². The zero-order valence-corrected chi connectivity index (χ0v) is 16.0. The average molecular weight is 351 g/mol. The summed E-state index contributed by atoms with van der Waals surface area (Å²) in [6.45, 7) is 13.6. The molecule has 0 saturated carbocycles. The molecule has 0 amide bonds. The quantitative estimate of drug-likeness (QED) is 0.698. The van der Waals surface area contributed by atoms with Crippen molar-refractivity contribution in [3.05, 3.63) is 35.4 Å². The third-order valence-corrected chi connectivity index (χ3v) is 4.58. The second-order valence-corrected chi connectivity index (χ2v) is 7.15. The van der Waals surface area contributed by atoms with E-state index in [1.807, 2.05) is 13.8 Å². The van der Waals surface area contributed by atoms with E-state index in [4.69, 9.17) is 9.47 Å². The first kappa shape index (κ1) is 20.3. The highest BCUT2D eigenvalue weighted by Gasteiger charge is 2.16. The molecule has 1 fully saturated rings. The molecule has 1 aliphatic heterocycles. The highest BCUT2D eigenvalue weighted by Crippen LogP contribution is 2.11. The Bertz CT molecular complexity index is 490. The number of rotatable bonds is 10. The normalized spacial score (nSPS) is 17.4. The lowest BCUT2D eigenvalue weighted by Gasteiger charge is -2.31. The number of nitrogens with zero attached hydrogens (tertiary/aromatic N) is 2. The van der Waals surface area contributed by atoms with E-state index in [1.54, 1.807) is 0 Å². The molecule has 1 saturated heterocycles. The summed E-state index contributed by atoms with van der Waals surface area (Å²) in [7, 11) is 0. The number of hydrogen-bond donors (Lipinski definition) is 1. The smallest absolute Gasteiger partial charge is 0.0900 e. The maximum Gasteiger partial charge on any atom is 0.0900 e. The number of benzene rings is 1. The van der Waals surface area contributed by atoms with E-state index in [2.05, 4.69) is 41.0 Å². The number of aliphatic hydroxyl groups excluding tert-OH is 1. The molecule has 25 heavy (non-hydrogen) atoms. The molecule has 5 heteroatoms. The fraction of sp³-hybridized carbons (Fsp3) is 0.700. The maximum atomic E-state index is 10.4. The average Bonchev–Trinajstić information content (AvgIpc) is 2.60. The second-order valence-electron chi connectivity index (χ2n) is 7.15. The van der Waals surface area contributed by atoms with Crippen molar-refractivity contribution < 1.29 is 14.6 Å². The van der Waals surface area contributed by atoms with Crippen LogP contribution in [0.1, 0.15) is 25.0 Å². The molecular formula is C20H34N2O3. The predicted octanol–water partition coefficient (Wildman–Crippen LogP) is 1.92. The van der Waals surface area contributed by atoms with E-state index in [1.165, 1.54) is 11.1 Å².